The Bertz CT molecular complexity index is 432. The second kappa shape index (κ2) is 14.0. The van der Waals surface area contributed by atoms with Crippen LogP contribution in [0.25, 0.3) is 0 Å². The fourth-order valence-electron chi connectivity index (χ4n) is 3.05. The molecule has 0 aromatic rings. The van der Waals surface area contributed by atoms with Gasteiger partial charge in [0.2, 0.25) is 0 Å². The molecule has 0 radical (unpaired) electrons. The third-order valence-electron chi connectivity index (χ3n) is 4.71. The smallest absolute Gasteiger partial charge is 0.305 e. The Morgan fingerprint density at radius 3 is 2.65 bits per heavy atom. The fraction of sp³-hybridized carbons (Fsp3) is 0.762. The van der Waals surface area contributed by atoms with Gasteiger partial charge in [0.15, 0.2) is 0 Å². The van der Waals surface area contributed by atoms with Crippen LogP contribution in [0.4, 0.5) is 0 Å². The minimum absolute atomic E-state index is 0.191. The van der Waals surface area contributed by atoms with E-state index in [4.69, 9.17) is 4.74 Å². The zero-order chi connectivity index (χ0) is 19.2. The molecule has 1 unspecified atom stereocenters. The summed E-state index contributed by atoms with van der Waals surface area (Å²) in [4.78, 5) is 11.0. The molecule has 1 rings (SSSR count). The number of hydrogen-bond acceptors (Lipinski definition) is 5. The summed E-state index contributed by atoms with van der Waals surface area (Å²) in [7, 11) is 1.39. The van der Waals surface area contributed by atoms with Crippen molar-refractivity contribution in [2.75, 3.05) is 7.11 Å². The molecule has 0 spiro atoms. The van der Waals surface area contributed by atoms with E-state index in [0.717, 1.165) is 19.3 Å². The second-order valence-corrected chi connectivity index (χ2v) is 6.96. The van der Waals surface area contributed by atoms with Crippen molar-refractivity contribution in [3.63, 3.8) is 0 Å². The summed E-state index contributed by atoms with van der Waals surface area (Å²) in [5.74, 6) is -0.191. The molecule has 1 heterocycles. The maximum atomic E-state index is 11.0. The van der Waals surface area contributed by atoms with Crippen molar-refractivity contribution in [1.82, 2.24) is 0 Å². The number of methoxy groups -OCH3 is 1. The van der Waals surface area contributed by atoms with Crippen LogP contribution in [0.5, 0.6) is 0 Å². The Labute approximate surface area is 158 Å². The van der Waals surface area contributed by atoms with E-state index in [1.165, 1.54) is 26.4 Å². The van der Waals surface area contributed by atoms with E-state index in [9.17, 15) is 15.0 Å². The molecular weight excluding hydrogens is 332 g/mol. The Kier molecular flexibility index (Phi) is 12.3. The predicted molar refractivity (Wildman–Crippen MR) is 103 cm³/mol. The van der Waals surface area contributed by atoms with Gasteiger partial charge in [-0.3, -0.25) is 4.79 Å². The number of unbranched alkanes of at least 4 members (excludes halogenated alkanes) is 4. The molecule has 1 saturated heterocycles. The van der Waals surface area contributed by atoms with E-state index in [1.807, 2.05) is 18.2 Å². The van der Waals surface area contributed by atoms with Crippen LogP contribution in [0, 0.1) is 0 Å². The first-order valence-corrected chi connectivity index (χ1v) is 9.96. The van der Waals surface area contributed by atoms with E-state index < -0.39 is 12.2 Å². The largest absolute Gasteiger partial charge is 0.469 e. The van der Waals surface area contributed by atoms with Gasteiger partial charge in [-0.2, -0.15) is 0 Å². The van der Waals surface area contributed by atoms with Crippen molar-refractivity contribution in [2.45, 2.75) is 95.5 Å². The first-order chi connectivity index (χ1) is 12.6. The number of carbonyl (C=O) groups is 1. The van der Waals surface area contributed by atoms with Crippen LogP contribution in [0.1, 0.15) is 71.1 Å². The molecule has 150 valence electrons. The van der Waals surface area contributed by atoms with Gasteiger partial charge < -0.3 is 19.7 Å². The lowest BCUT2D eigenvalue weighted by Gasteiger charge is -2.17. The van der Waals surface area contributed by atoms with Crippen LogP contribution < -0.4 is 0 Å². The average Bonchev–Trinajstić information content (AvgIpc) is 3.01. The van der Waals surface area contributed by atoms with Crippen molar-refractivity contribution in [2.24, 2.45) is 0 Å². The molecule has 0 bridgehead atoms. The maximum absolute atomic E-state index is 11.0. The molecule has 0 aromatic heterocycles. The first-order valence-electron chi connectivity index (χ1n) is 9.96. The van der Waals surface area contributed by atoms with E-state index >= 15 is 0 Å². The first kappa shape index (κ1) is 22.9. The van der Waals surface area contributed by atoms with Crippen molar-refractivity contribution >= 4 is 5.97 Å². The number of carbonyl (C=O) groups excluding carboxylic acids is 1. The highest BCUT2D eigenvalue weighted by molar-refractivity contribution is 5.69. The van der Waals surface area contributed by atoms with Crippen molar-refractivity contribution in [3.8, 4) is 0 Å². The van der Waals surface area contributed by atoms with E-state index in [1.54, 1.807) is 0 Å². The van der Waals surface area contributed by atoms with Crippen LogP contribution in [0.2, 0.25) is 0 Å². The molecule has 1 aliphatic heterocycles. The SMILES string of the molecule is CCCCC/C=C\CC(O)[C@@H]1C[C@H](O)[C@H](C/C=C\CCCC(=O)OC)O1. The third kappa shape index (κ3) is 9.51. The summed E-state index contributed by atoms with van der Waals surface area (Å²) in [5.41, 5.74) is 0. The Morgan fingerprint density at radius 2 is 1.92 bits per heavy atom. The Morgan fingerprint density at radius 1 is 1.19 bits per heavy atom. The molecule has 5 nitrogen and oxygen atoms in total. The number of rotatable bonds is 13. The van der Waals surface area contributed by atoms with Gasteiger partial charge in [-0.05, 0) is 38.5 Å². The molecule has 1 aliphatic rings. The lowest BCUT2D eigenvalue weighted by atomic mass is 10.0. The molecular formula is C21H36O5. The summed E-state index contributed by atoms with van der Waals surface area (Å²) in [5, 5.41) is 20.4. The molecule has 26 heavy (non-hydrogen) atoms. The molecule has 0 aliphatic carbocycles. The molecule has 0 amide bonds. The summed E-state index contributed by atoms with van der Waals surface area (Å²) >= 11 is 0. The average molecular weight is 369 g/mol. The summed E-state index contributed by atoms with van der Waals surface area (Å²) in [6.07, 6.45) is 14.8. The van der Waals surface area contributed by atoms with Gasteiger partial charge in [-0.25, -0.2) is 0 Å². The van der Waals surface area contributed by atoms with Gasteiger partial charge in [0.25, 0.3) is 0 Å². The van der Waals surface area contributed by atoms with E-state index in [2.05, 4.69) is 17.7 Å². The Balaban J connectivity index is 2.21. The van der Waals surface area contributed by atoms with Crippen LogP contribution >= 0.6 is 0 Å². The molecule has 1 fully saturated rings. The number of esters is 1. The normalized spacial score (nSPS) is 24.5. The fourth-order valence-corrected chi connectivity index (χ4v) is 3.05. The van der Waals surface area contributed by atoms with Crippen LogP contribution in [0.3, 0.4) is 0 Å². The van der Waals surface area contributed by atoms with Crippen LogP contribution in [-0.2, 0) is 14.3 Å². The second-order valence-electron chi connectivity index (χ2n) is 6.96. The van der Waals surface area contributed by atoms with Crippen molar-refractivity contribution in [3.05, 3.63) is 24.3 Å². The zero-order valence-electron chi connectivity index (χ0n) is 16.3. The third-order valence-corrected chi connectivity index (χ3v) is 4.71. The maximum Gasteiger partial charge on any atom is 0.305 e. The molecule has 0 aromatic carbocycles. The quantitative estimate of drug-likeness (QED) is 0.295. The highest BCUT2D eigenvalue weighted by Crippen LogP contribution is 2.26. The van der Waals surface area contributed by atoms with Crippen LogP contribution in [-0.4, -0.2) is 47.7 Å². The van der Waals surface area contributed by atoms with Gasteiger partial charge in [-0.15, -0.1) is 0 Å². The lowest BCUT2D eigenvalue weighted by Crippen LogP contribution is -2.25. The van der Waals surface area contributed by atoms with Gasteiger partial charge in [0.05, 0.1) is 31.5 Å². The summed E-state index contributed by atoms with van der Waals surface area (Å²) in [6.45, 7) is 2.18. The van der Waals surface area contributed by atoms with Crippen molar-refractivity contribution < 1.29 is 24.5 Å². The highest BCUT2D eigenvalue weighted by Gasteiger charge is 2.36. The zero-order valence-corrected chi connectivity index (χ0v) is 16.3. The number of hydrogen-bond donors (Lipinski definition) is 2. The minimum atomic E-state index is -0.568. The molecule has 0 saturated carbocycles. The molecule has 5 heteroatoms. The monoisotopic (exact) mass is 368 g/mol. The van der Waals surface area contributed by atoms with Crippen LogP contribution in [0.15, 0.2) is 24.3 Å². The number of aliphatic hydroxyl groups excluding tert-OH is 2. The standard InChI is InChI=1S/C21H36O5/c1-3-4-5-6-7-10-13-17(22)20-16-18(23)19(26-20)14-11-8-9-12-15-21(24)25-2/h7-8,10-11,17-20,22-23H,3-6,9,12-16H2,1-2H3/b10-7-,11-8-/t17?,18-,19-,20-/m0/s1. The van der Waals surface area contributed by atoms with Gasteiger partial charge in [-0.1, -0.05) is 44.1 Å². The van der Waals surface area contributed by atoms with Gasteiger partial charge in [0, 0.05) is 12.8 Å². The van der Waals surface area contributed by atoms with Gasteiger partial charge in [0.1, 0.15) is 0 Å². The lowest BCUT2D eigenvalue weighted by molar-refractivity contribution is -0.140. The minimum Gasteiger partial charge on any atom is -0.469 e. The topological polar surface area (TPSA) is 76.0 Å². The highest BCUT2D eigenvalue weighted by atomic mass is 16.5. The number of aliphatic hydroxyl groups is 2. The molecule has 2 N–H and O–H groups in total. The van der Waals surface area contributed by atoms with Gasteiger partial charge >= 0.3 is 5.97 Å². The number of allylic oxidation sites excluding steroid dienone is 2. The van der Waals surface area contributed by atoms with Crippen molar-refractivity contribution in [1.29, 1.82) is 0 Å². The summed E-state index contributed by atoms with van der Waals surface area (Å²) in [6, 6.07) is 0. The molecule has 4 atom stereocenters. The number of ether oxygens (including phenoxy) is 2. The van der Waals surface area contributed by atoms with E-state index in [0.29, 0.717) is 25.7 Å². The summed E-state index contributed by atoms with van der Waals surface area (Å²) < 4.78 is 10.4. The predicted octanol–water partition coefficient (Wildman–Crippen LogP) is 3.68. The van der Waals surface area contributed by atoms with E-state index in [-0.39, 0.29) is 18.2 Å². The Hall–Kier alpha value is -1.17.